The molecule has 0 saturated heterocycles. The van der Waals surface area contributed by atoms with E-state index in [0.717, 1.165) is 4.70 Å². The van der Waals surface area contributed by atoms with Gasteiger partial charge in [-0.15, -0.1) is 11.3 Å². The Morgan fingerprint density at radius 2 is 1.93 bits per heavy atom. The molecule has 2 aromatic rings. The molecule has 0 spiro atoms. The van der Waals surface area contributed by atoms with Gasteiger partial charge in [-0.25, -0.2) is 13.6 Å². The van der Waals surface area contributed by atoms with E-state index in [4.69, 9.17) is 16.7 Å². The average Bonchev–Trinajstić information content (AvgIpc) is 2.38. The van der Waals surface area contributed by atoms with Crippen LogP contribution in [-0.4, -0.2) is 8.42 Å². The van der Waals surface area contributed by atoms with Gasteiger partial charge in [0.25, 0.3) is 0 Å². The second kappa shape index (κ2) is 3.20. The summed E-state index contributed by atoms with van der Waals surface area (Å²) in [6.45, 7) is 0. The molecule has 74 valence electrons. The van der Waals surface area contributed by atoms with Gasteiger partial charge in [0.15, 0.2) is 0 Å². The number of primary sulfonamides is 1. The van der Waals surface area contributed by atoms with Gasteiger partial charge in [-0.2, -0.15) is 0 Å². The second-order valence-corrected chi connectivity index (χ2v) is 5.90. The predicted octanol–water partition coefficient (Wildman–Crippen LogP) is 2.20. The summed E-state index contributed by atoms with van der Waals surface area (Å²) in [6.07, 6.45) is 0. The molecular weight excluding hydrogens is 242 g/mol. The Hall–Kier alpha value is -0.620. The lowest BCUT2D eigenvalue weighted by Gasteiger charge is -1.95. The molecule has 0 saturated carbocycles. The van der Waals surface area contributed by atoms with Gasteiger partial charge in [0.05, 0.1) is 0 Å². The van der Waals surface area contributed by atoms with Crippen LogP contribution in [0.3, 0.4) is 0 Å². The summed E-state index contributed by atoms with van der Waals surface area (Å²) < 4.78 is 23.5. The molecule has 0 aliphatic heterocycles. The van der Waals surface area contributed by atoms with Gasteiger partial charge in [0.2, 0.25) is 10.0 Å². The SMILES string of the molecule is NS(=O)(=O)c1c(Cl)sc2ccccc12. The summed E-state index contributed by atoms with van der Waals surface area (Å²) in [7, 11) is -3.74. The van der Waals surface area contributed by atoms with E-state index in [1.807, 2.05) is 6.07 Å². The number of thiophene rings is 1. The van der Waals surface area contributed by atoms with Crippen molar-refractivity contribution in [3.63, 3.8) is 0 Å². The van der Waals surface area contributed by atoms with Crippen molar-refractivity contribution in [3.05, 3.63) is 28.6 Å². The van der Waals surface area contributed by atoms with E-state index < -0.39 is 10.0 Å². The topological polar surface area (TPSA) is 60.2 Å². The van der Waals surface area contributed by atoms with Crippen molar-refractivity contribution in [3.8, 4) is 0 Å². The third kappa shape index (κ3) is 1.52. The molecule has 3 nitrogen and oxygen atoms in total. The van der Waals surface area contributed by atoms with Crippen LogP contribution in [0.15, 0.2) is 29.2 Å². The van der Waals surface area contributed by atoms with Gasteiger partial charge >= 0.3 is 0 Å². The molecule has 2 N–H and O–H groups in total. The number of hydrogen-bond acceptors (Lipinski definition) is 3. The van der Waals surface area contributed by atoms with Gasteiger partial charge in [-0.3, -0.25) is 0 Å². The first-order valence-corrected chi connectivity index (χ1v) is 6.44. The van der Waals surface area contributed by atoms with E-state index in [9.17, 15) is 8.42 Å². The van der Waals surface area contributed by atoms with Crippen LogP contribution in [0.5, 0.6) is 0 Å². The Morgan fingerprint density at radius 1 is 1.29 bits per heavy atom. The maximum atomic E-state index is 11.2. The highest BCUT2D eigenvalue weighted by Gasteiger charge is 2.19. The van der Waals surface area contributed by atoms with E-state index in [1.54, 1.807) is 18.2 Å². The van der Waals surface area contributed by atoms with Crippen molar-refractivity contribution < 1.29 is 8.42 Å². The maximum absolute atomic E-state index is 11.2. The van der Waals surface area contributed by atoms with Crippen LogP contribution in [0.4, 0.5) is 0 Å². The molecule has 14 heavy (non-hydrogen) atoms. The van der Waals surface area contributed by atoms with Gasteiger partial charge in [-0.05, 0) is 6.07 Å². The summed E-state index contributed by atoms with van der Waals surface area (Å²) in [4.78, 5) is 0.0276. The van der Waals surface area contributed by atoms with Crippen LogP contribution in [0.25, 0.3) is 10.1 Å². The summed E-state index contributed by atoms with van der Waals surface area (Å²) in [5.74, 6) is 0. The average molecular weight is 248 g/mol. The number of benzene rings is 1. The summed E-state index contributed by atoms with van der Waals surface area (Å²) in [5.41, 5.74) is 0. The number of hydrogen-bond donors (Lipinski definition) is 1. The van der Waals surface area contributed by atoms with E-state index in [-0.39, 0.29) is 9.23 Å². The predicted molar refractivity (Wildman–Crippen MR) is 58.2 cm³/mol. The molecule has 1 aromatic heterocycles. The Kier molecular flexibility index (Phi) is 2.27. The van der Waals surface area contributed by atoms with E-state index in [2.05, 4.69) is 0 Å². The quantitative estimate of drug-likeness (QED) is 0.840. The van der Waals surface area contributed by atoms with Gasteiger partial charge in [0, 0.05) is 10.1 Å². The zero-order valence-corrected chi connectivity index (χ0v) is 9.29. The van der Waals surface area contributed by atoms with Crippen molar-refractivity contribution in [1.29, 1.82) is 0 Å². The molecule has 0 unspecified atom stereocenters. The minimum Gasteiger partial charge on any atom is -0.225 e. The van der Waals surface area contributed by atoms with Crippen molar-refractivity contribution in [1.82, 2.24) is 0 Å². The molecule has 0 fully saturated rings. The van der Waals surface area contributed by atoms with E-state index >= 15 is 0 Å². The molecule has 1 aromatic carbocycles. The number of rotatable bonds is 1. The number of fused-ring (bicyclic) bond motifs is 1. The monoisotopic (exact) mass is 247 g/mol. The minimum absolute atomic E-state index is 0.0276. The fraction of sp³-hybridized carbons (Fsp3) is 0. The summed E-state index contributed by atoms with van der Waals surface area (Å²) >= 11 is 7.02. The molecule has 2 rings (SSSR count). The van der Waals surface area contributed by atoms with Crippen molar-refractivity contribution in [2.24, 2.45) is 5.14 Å². The molecule has 0 amide bonds. The zero-order chi connectivity index (χ0) is 10.3. The molecule has 0 atom stereocenters. The largest absolute Gasteiger partial charge is 0.241 e. The van der Waals surface area contributed by atoms with E-state index in [1.165, 1.54) is 11.3 Å². The molecular formula is C8H6ClNO2S2. The maximum Gasteiger partial charge on any atom is 0.241 e. The Morgan fingerprint density at radius 3 is 2.57 bits per heavy atom. The molecule has 0 aliphatic rings. The first-order chi connectivity index (χ1) is 6.50. The standard InChI is InChI=1S/C8H6ClNO2S2/c9-8-7(14(10,11)12)5-3-1-2-4-6(5)13-8/h1-4H,(H2,10,11,12). The molecule has 0 aliphatic carbocycles. The Labute approximate surface area is 90.2 Å². The van der Waals surface area contributed by atoms with Crippen LogP contribution < -0.4 is 5.14 Å². The van der Waals surface area contributed by atoms with Crippen molar-refractivity contribution >= 4 is 43.0 Å². The second-order valence-electron chi connectivity index (χ2n) is 2.75. The molecule has 1 heterocycles. The lowest BCUT2D eigenvalue weighted by atomic mass is 10.3. The van der Waals surface area contributed by atoms with Gasteiger partial charge in [-0.1, -0.05) is 29.8 Å². The first kappa shape index (κ1) is 9.92. The van der Waals surface area contributed by atoms with Gasteiger partial charge < -0.3 is 0 Å². The Bertz CT molecular complexity index is 588. The van der Waals surface area contributed by atoms with Crippen molar-refractivity contribution in [2.45, 2.75) is 4.90 Å². The van der Waals surface area contributed by atoms with Crippen LogP contribution in [-0.2, 0) is 10.0 Å². The lowest BCUT2D eigenvalue weighted by Crippen LogP contribution is -2.11. The highest BCUT2D eigenvalue weighted by atomic mass is 35.5. The summed E-state index contributed by atoms with van der Waals surface area (Å²) in [5, 5.41) is 5.65. The fourth-order valence-corrected chi connectivity index (χ4v) is 4.00. The first-order valence-electron chi connectivity index (χ1n) is 3.70. The van der Waals surface area contributed by atoms with Crippen LogP contribution in [0.1, 0.15) is 0 Å². The molecule has 0 radical (unpaired) electrons. The van der Waals surface area contributed by atoms with Gasteiger partial charge in [0.1, 0.15) is 9.23 Å². The fourth-order valence-electron chi connectivity index (χ4n) is 1.26. The zero-order valence-electron chi connectivity index (χ0n) is 6.90. The normalized spacial score (nSPS) is 12.1. The lowest BCUT2D eigenvalue weighted by molar-refractivity contribution is 0.599. The number of sulfonamides is 1. The Balaban J connectivity index is 2.95. The molecule has 6 heteroatoms. The highest BCUT2D eigenvalue weighted by Crippen LogP contribution is 2.37. The third-order valence-electron chi connectivity index (χ3n) is 1.79. The van der Waals surface area contributed by atoms with Crippen LogP contribution in [0, 0.1) is 0 Å². The minimum atomic E-state index is -3.74. The smallest absolute Gasteiger partial charge is 0.225 e. The summed E-state index contributed by atoms with van der Waals surface area (Å²) in [6, 6.07) is 7.07. The van der Waals surface area contributed by atoms with Crippen LogP contribution in [0.2, 0.25) is 4.34 Å². The van der Waals surface area contributed by atoms with Crippen molar-refractivity contribution in [2.75, 3.05) is 0 Å². The number of halogens is 1. The number of nitrogens with two attached hydrogens (primary N) is 1. The van der Waals surface area contributed by atoms with Crippen LogP contribution >= 0.6 is 22.9 Å². The molecule has 0 bridgehead atoms. The van der Waals surface area contributed by atoms with E-state index in [0.29, 0.717) is 5.39 Å². The highest BCUT2D eigenvalue weighted by molar-refractivity contribution is 7.89. The third-order valence-corrected chi connectivity index (χ3v) is 4.41.